The number of aliphatic hydroxyl groups is 1. The molecule has 1 N–H and O–H groups in total. The van der Waals surface area contributed by atoms with E-state index in [1.54, 1.807) is 30.3 Å². The van der Waals surface area contributed by atoms with Gasteiger partial charge in [0, 0.05) is 5.56 Å². The van der Waals surface area contributed by atoms with Crippen LogP contribution in [0.5, 0.6) is 0 Å². The van der Waals surface area contributed by atoms with Crippen molar-refractivity contribution in [1.29, 1.82) is 0 Å². The SMILES string of the molecule is Cc1ccc(C(F)(F)C(O)c2ccccc2)cc1. The lowest BCUT2D eigenvalue weighted by Gasteiger charge is -2.23. The minimum atomic E-state index is -3.30. The molecule has 18 heavy (non-hydrogen) atoms. The van der Waals surface area contributed by atoms with Gasteiger partial charge in [-0.1, -0.05) is 60.2 Å². The highest BCUT2D eigenvalue weighted by Crippen LogP contribution is 2.40. The molecule has 1 atom stereocenters. The fraction of sp³-hybridized carbons (Fsp3) is 0.200. The lowest BCUT2D eigenvalue weighted by Crippen LogP contribution is -2.23. The lowest BCUT2D eigenvalue weighted by molar-refractivity contribution is -0.117. The third-order valence-corrected chi connectivity index (χ3v) is 2.90. The van der Waals surface area contributed by atoms with Crippen LogP contribution in [0.2, 0.25) is 0 Å². The monoisotopic (exact) mass is 248 g/mol. The van der Waals surface area contributed by atoms with Crippen molar-refractivity contribution < 1.29 is 13.9 Å². The van der Waals surface area contributed by atoms with Gasteiger partial charge in [0.25, 0.3) is 0 Å². The maximum Gasteiger partial charge on any atom is 0.302 e. The molecule has 0 heterocycles. The van der Waals surface area contributed by atoms with Gasteiger partial charge in [-0.05, 0) is 12.5 Å². The Balaban J connectivity index is 2.33. The van der Waals surface area contributed by atoms with Crippen LogP contribution in [0.25, 0.3) is 0 Å². The molecule has 2 aromatic rings. The molecule has 0 radical (unpaired) electrons. The Morgan fingerprint density at radius 2 is 1.50 bits per heavy atom. The van der Waals surface area contributed by atoms with Crippen LogP contribution >= 0.6 is 0 Å². The van der Waals surface area contributed by atoms with Crippen LogP contribution in [-0.2, 0) is 5.92 Å². The summed E-state index contributed by atoms with van der Waals surface area (Å²) in [6.45, 7) is 1.83. The molecule has 1 unspecified atom stereocenters. The van der Waals surface area contributed by atoms with Crippen molar-refractivity contribution in [3.63, 3.8) is 0 Å². The molecule has 0 aromatic heterocycles. The minimum absolute atomic E-state index is 0.176. The molecule has 0 aliphatic heterocycles. The predicted octanol–water partition coefficient (Wildman–Crippen LogP) is 3.82. The second-order valence-corrected chi connectivity index (χ2v) is 4.30. The molecule has 0 spiro atoms. The average Bonchev–Trinajstić information content (AvgIpc) is 2.39. The Morgan fingerprint density at radius 1 is 0.944 bits per heavy atom. The van der Waals surface area contributed by atoms with Crippen LogP contribution in [0.15, 0.2) is 54.6 Å². The number of hydrogen-bond acceptors (Lipinski definition) is 1. The first kappa shape index (κ1) is 12.7. The molecule has 2 aromatic carbocycles. The van der Waals surface area contributed by atoms with Crippen LogP contribution in [-0.4, -0.2) is 5.11 Å². The van der Waals surface area contributed by atoms with E-state index in [2.05, 4.69) is 0 Å². The zero-order chi connectivity index (χ0) is 13.2. The largest absolute Gasteiger partial charge is 0.382 e. The molecule has 0 aliphatic carbocycles. The molecular weight excluding hydrogens is 234 g/mol. The first-order valence-electron chi connectivity index (χ1n) is 5.70. The maximum atomic E-state index is 14.1. The Labute approximate surface area is 105 Å². The van der Waals surface area contributed by atoms with E-state index in [0.717, 1.165) is 5.56 Å². The van der Waals surface area contributed by atoms with Crippen molar-refractivity contribution in [3.8, 4) is 0 Å². The summed E-state index contributed by atoms with van der Waals surface area (Å²) >= 11 is 0. The van der Waals surface area contributed by atoms with Crippen LogP contribution in [0.1, 0.15) is 22.8 Å². The first-order chi connectivity index (χ1) is 8.51. The Morgan fingerprint density at radius 3 is 2.06 bits per heavy atom. The number of aryl methyl sites for hydroxylation is 1. The van der Waals surface area contributed by atoms with Gasteiger partial charge in [-0.2, -0.15) is 8.78 Å². The molecule has 0 fully saturated rings. The average molecular weight is 248 g/mol. The van der Waals surface area contributed by atoms with Crippen LogP contribution in [0.4, 0.5) is 8.78 Å². The quantitative estimate of drug-likeness (QED) is 0.875. The Kier molecular flexibility index (Phi) is 3.43. The molecule has 2 rings (SSSR count). The standard InChI is InChI=1S/C15H14F2O/c1-11-7-9-13(10-8-11)15(16,17)14(18)12-5-3-2-4-6-12/h2-10,14,18H,1H3. The molecule has 3 heteroatoms. The van der Waals surface area contributed by atoms with Crippen molar-refractivity contribution in [1.82, 2.24) is 0 Å². The summed E-state index contributed by atoms with van der Waals surface area (Å²) in [5.41, 5.74) is 0.941. The normalized spacial score (nSPS) is 13.3. The summed E-state index contributed by atoms with van der Waals surface area (Å²) in [6, 6.07) is 13.9. The molecule has 0 bridgehead atoms. The second-order valence-electron chi connectivity index (χ2n) is 4.30. The van der Waals surface area contributed by atoms with Gasteiger partial charge < -0.3 is 5.11 Å². The van der Waals surface area contributed by atoms with E-state index in [1.165, 1.54) is 24.3 Å². The number of halogens is 2. The number of hydrogen-bond donors (Lipinski definition) is 1. The van der Waals surface area contributed by atoms with Gasteiger partial charge in [0.05, 0.1) is 0 Å². The van der Waals surface area contributed by atoms with Crippen molar-refractivity contribution in [2.75, 3.05) is 0 Å². The van der Waals surface area contributed by atoms with Crippen molar-refractivity contribution in [2.24, 2.45) is 0 Å². The smallest absolute Gasteiger partial charge is 0.302 e. The zero-order valence-electron chi connectivity index (χ0n) is 9.98. The van der Waals surface area contributed by atoms with Crippen molar-refractivity contribution in [3.05, 3.63) is 71.3 Å². The highest BCUT2D eigenvalue weighted by atomic mass is 19.3. The summed E-state index contributed by atoms with van der Waals surface area (Å²) in [5.74, 6) is -3.30. The van der Waals surface area contributed by atoms with Crippen molar-refractivity contribution >= 4 is 0 Å². The molecular formula is C15H14F2O. The minimum Gasteiger partial charge on any atom is -0.382 e. The highest BCUT2D eigenvalue weighted by molar-refractivity contribution is 5.29. The van der Waals surface area contributed by atoms with E-state index in [-0.39, 0.29) is 11.1 Å². The third-order valence-electron chi connectivity index (χ3n) is 2.90. The molecule has 0 aliphatic rings. The zero-order valence-corrected chi connectivity index (χ0v) is 9.98. The first-order valence-corrected chi connectivity index (χ1v) is 5.70. The fourth-order valence-electron chi connectivity index (χ4n) is 1.78. The number of aliphatic hydroxyl groups excluding tert-OH is 1. The topological polar surface area (TPSA) is 20.2 Å². The molecule has 1 nitrogen and oxygen atoms in total. The maximum absolute atomic E-state index is 14.1. The van der Waals surface area contributed by atoms with Gasteiger partial charge in [0.15, 0.2) is 0 Å². The summed E-state index contributed by atoms with van der Waals surface area (Å²) in [7, 11) is 0. The summed E-state index contributed by atoms with van der Waals surface area (Å²) < 4.78 is 28.2. The lowest BCUT2D eigenvalue weighted by atomic mass is 9.97. The van der Waals surface area contributed by atoms with Gasteiger partial charge in [0.1, 0.15) is 6.10 Å². The van der Waals surface area contributed by atoms with Crippen LogP contribution in [0.3, 0.4) is 0 Å². The Hall–Kier alpha value is -1.74. The fourth-order valence-corrected chi connectivity index (χ4v) is 1.78. The van der Waals surface area contributed by atoms with Gasteiger partial charge in [0.2, 0.25) is 0 Å². The summed E-state index contributed by atoms with van der Waals surface area (Å²) in [6.07, 6.45) is -1.83. The van der Waals surface area contributed by atoms with Crippen LogP contribution in [0, 0.1) is 6.92 Å². The predicted molar refractivity (Wildman–Crippen MR) is 66.5 cm³/mol. The van der Waals surface area contributed by atoms with Gasteiger partial charge in [-0.25, -0.2) is 0 Å². The van der Waals surface area contributed by atoms with Crippen molar-refractivity contribution in [2.45, 2.75) is 19.0 Å². The molecule has 0 saturated heterocycles. The third kappa shape index (κ3) is 2.41. The summed E-state index contributed by atoms with van der Waals surface area (Å²) in [4.78, 5) is 0. The van der Waals surface area contributed by atoms with E-state index in [0.29, 0.717) is 0 Å². The molecule has 0 amide bonds. The van der Waals surface area contributed by atoms with Gasteiger partial charge >= 0.3 is 5.92 Å². The second kappa shape index (κ2) is 4.86. The number of rotatable bonds is 3. The number of benzene rings is 2. The van der Waals surface area contributed by atoms with Gasteiger partial charge in [-0.15, -0.1) is 0 Å². The van der Waals surface area contributed by atoms with Gasteiger partial charge in [-0.3, -0.25) is 0 Å². The van der Waals surface area contributed by atoms with E-state index in [1.807, 2.05) is 6.92 Å². The van der Waals surface area contributed by atoms with E-state index in [9.17, 15) is 13.9 Å². The van der Waals surface area contributed by atoms with E-state index in [4.69, 9.17) is 0 Å². The van der Waals surface area contributed by atoms with E-state index >= 15 is 0 Å². The molecule has 94 valence electrons. The summed E-state index contributed by atoms with van der Waals surface area (Å²) in [5, 5.41) is 9.82. The Bertz CT molecular complexity index is 506. The molecule has 0 saturated carbocycles. The van der Waals surface area contributed by atoms with E-state index < -0.39 is 12.0 Å². The highest BCUT2D eigenvalue weighted by Gasteiger charge is 2.41. The van der Waals surface area contributed by atoms with Crippen LogP contribution < -0.4 is 0 Å². The number of alkyl halides is 2.